The first-order valence-corrected chi connectivity index (χ1v) is 15.9. The third kappa shape index (κ3) is 5.00. The molecule has 0 fully saturated rings. The van der Waals surface area contributed by atoms with Crippen LogP contribution in [-0.4, -0.2) is 26.4 Å². The number of rotatable bonds is 8. The van der Waals surface area contributed by atoms with E-state index in [1.165, 1.54) is 27.9 Å². The van der Waals surface area contributed by atoms with Gasteiger partial charge in [0.05, 0.1) is 35.2 Å². The normalized spacial score (nSPS) is 11.4. The van der Waals surface area contributed by atoms with Gasteiger partial charge in [-0.15, -0.1) is 0 Å². The monoisotopic (exact) mass is 606 g/mol. The molecule has 6 nitrogen and oxygen atoms in total. The number of ether oxygens (including phenoxy) is 2. The van der Waals surface area contributed by atoms with Crippen LogP contribution < -0.4 is 9.47 Å². The molecule has 7 rings (SSSR count). The maximum absolute atomic E-state index is 6.62. The number of methoxy groups -OCH3 is 1. The molecular weight excluding hydrogens is 568 g/mol. The molecule has 0 saturated heterocycles. The lowest BCUT2D eigenvalue weighted by atomic mass is 9.92. The largest absolute Gasteiger partial charge is 0.497 e. The molecule has 0 unspecified atom stereocenters. The third-order valence-electron chi connectivity index (χ3n) is 8.80. The number of hydrogen-bond acceptors (Lipinski definition) is 4. The first kappa shape index (κ1) is 29.4. The van der Waals surface area contributed by atoms with E-state index in [4.69, 9.17) is 19.6 Å². The molecule has 0 atom stereocenters. The van der Waals surface area contributed by atoms with Crippen molar-refractivity contribution in [2.45, 2.75) is 47.5 Å². The quantitative estimate of drug-likeness (QED) is 0.173. The van der Waals surface area contributed by atoms with Crippen molar-refractivity contribution in [3.8, 4) is 39.9 Å². The highest BCUT2D eigenvalue weighted by Crippen LogP contribution is 2.38. The average Bonchev–Trinajstić information content (AvgIpc) is 3.59. The highest BCUT2D eigenvalue weighted by atomic mass is 16.5. The van der Waals surface area contributed by atoms with Gasteiger partial charge in [0.25, 0.3) is 0 Å². The van der Waals surface area contributed by atoms with Gasteiger partial charge in [0.2, 0.25) is 0 Å². The zero-order valence-corrected chi connectivity index (χ0v) is 27.3. The minimum absolute atomic E-state index is 0.748. The number of aryl methyl sites for hydroxylation is 4. The van der Waals surface area contributed by atoms with Crippen LogP contribution in [0.3, 0.4) is 0 Å². The van der Waals surface area contributed by atoms with E-state index >= 15 is 0 Å². The molecule has 0 amide bonds. The van der Waals surface area contributed by atoms with Crippen molar-refractivity contribution >= 4 is 21.8 Å². The van der Waals surface area contributed by atoms with Crippen LogP contribution in [0.25, 0.3) is 44.4 Å². The second-order valence-corrected chi connectivity index (χ2v) is 11.8. The number of benzene rings is 4. The van der Waals surface area contributed by atoms with Gasteiger partial charge < -0.3 is 9.47 Å². The van der Waals surface area contributed by atoms with E-state index in [1.54, 1.807) is 13.3 Å². The van der Waals surface area contributed by atoms with Crippen LogP contribution in [-0.2, 0) is 12.8 Å². The van der Waals surface area contributed by atoms with Gasteiger partial charge in [-0.2, -0.15) is 5.10 Å². The lowest BCUT2D eigenvalue weighted by Gasteiger charge is -2.14. The number of para-hydroxylation sites is 1. The zero-order valence-electron chi connectivity index (χ0n) is 27.3. The molecule has 7 aromatic rings. The fourth-order valence-corrected chi connectivity index (χ4v) is 6.74. The minimum Gasteiger partial charge on any atom is -0.497 e. The van der Waals surface area contributed by atoms with E-state index in [1.807, 2.05) is 18.2 Å². The van der Waals surface area contributed by atoms with Gasteiger partial charge in [-0.25, -0.2) is 9.67 Å². The molecule has 0 bridgehead atoms. The molecule has 0 aliphatic heterocycles. The predicted molar refractivity (Wildman–Crippen MR) is 187 cm³/mol. The van der Waals surface area contributed by atoms with Crippen LogP contribution in [0.4, 0.5) is 0 Å². The smallest absolute Gasteiger partial charge is 0.141 e. The lowest BCUT2D eigenvalue weighted by Crippen LogP contribution is -2.03. The second kappa shape index (κ2) is 11.9. The van der Waals surface area contributed by atoms with Gasteiger partial charge in [-0.3, -0.25) is 4.57 Å². The summed E-state index contributed by atoms with van der Waals surface area (Å²) >= 11 is 0. The van der Waals surface area contributed by atoms with Crippen LogP contribution in [0, 0.1) is 20.8 Å². The second-order valence-electron chi connectivity index (χ2n) is 11.8. The van der Waals surface area contributed by atoms with Crippen LogP contribution in [0.5, 0.6) is 17.2 Å². The molecule has 0 saturated carbocycles. The van der Waals surface area contributed by atoms with E-state index in [-0.39, 0.29) is 0 Å². The molecule has 3 aromatic heterocycles. The van der Waals surface area contributed by atoms with Crippen molar-refractivity contribution in [2.75, 3.05) is 7.11 Å². The molecule has 4 aromatic carbocycles. The summed E-state index contributed by atoms with van der Waals surface area (Å²) in [5.41, 5.74) is 11.6. The minimum atomic E-state index is 0.748. The van der Waals surface area contributed by atoms with E-state index in [0.29, 0.717) is 0 Å². The molecule has 0 spiro atoms. The average molecular weight is 607 g/mol. The van der Waals surface area contributed by atoms with Gasteiger partial charge in [0.1, 0.15) is 23.1 Å². The van der Waals surface area contributed by atoms with Crippen molar-refractivity contribution in [2.24, 2.45) is 0 Å². The fraction of sp³-hybridized carbons (Fsp3) is 0.200. The van der Waals surface area contributed by atoms with Crippen molar-refractivity contribution in [1.29, 1.82) is 0 Å². The Hall–Kier alpha value is -5.36. The molecule has 6 heteroatoms. The first-order chi connectivity index (χ1) is 22.4. The van der Waals surface area contributed by atoms with Crippen LogP contribution in [0.15, 0.2) is 97.2 Å². The maximum Gasteiger partial charge on any atom is 0.141 e. The summed E-state index contributed by atoms with van der Waals surface area (Å²) in [5.74, 6) is 3.06. The maximum atomic E-state index is 6.62. The van der Waals surface area contributed by atoms with E-state index < -0.39 is 0 Å². The number of fused-ring (bicyclic) bond motifs is 3. The Morgan fingerprint density at radius 2 is 1.46 bits per heavy atom. The Bertz CT molecular complexity index is 2220. The molecule has 0 radical (unpaired) electrons. The van der Waals surface area contributed by atoms with E-state index in [0.717, 1.165) is 74.7 Å². The van der Waals surface area contributed by atoms with E-state index in [2.05, 4.69) is 117 Å². The number of pyridine rings is 1. The number of aromatic nitrogens is 4. The molecule has 0 aliphatic carbocycles. The summed E-state index contributed by atoms with van der Waals surface area (Å²) in [4.78, 5) is 4.70. The van der Waals surface area contributed by atoms with E-state index in [9.17, 15) is 0 Å². The van der Waals surface area contributed by atoms with Gasteiger partial charge in [-0.05, 0) is 92.3 Å². The Morgan fingerprint density at radius 3 is 2.22 bits per heavy atom. The van der Waals surface area contributed by atoms with Crippen molar-refractivity contribution in [1.82, 2.24) is 19.3 Å². The van der Waals surface area contributed by atoms with Crippen LogP contribution in [0.1, 0.15) is 41.9 Å². The topological polar surface area (TPSA) is 54.1 Å². The van der Waals surface area contributed by atoms with Gasteiger partial charge in [-0.1, -0.05) is 50.2 Å². The summed E-state index contributed by atoms with van der Waals surface area (Å²) < 4.78 is 16.4. The zero-order chi connectivity index (χ0) is 31.9. The van der Waals surface area contributed by atoms with Crippen molar-refractivity contribution in [3.05, 3.63) is 125 Å². The molecule has 0 aliphatic rings. The SMILES string of the molecule is CCc1nn(-c2cc(C)cc(Oc3ccc4c5ccccc5n(-c5cc(OC)ccn5)c4c3)c2)c(CC)c1-c1c(C)cccc1C. The van der Waals surface area contributed by atoms with Gasteiger partial charge in [0.15, 0.2) is 0 Å². The molecule has 3 heterocycles. The van der Waals surface area contributed by atoms with Crippen molar-refractivity contribution in [3.63, 3.8) is 0 Å². The summed E-state index contributed by atoms with van der Waals surface area (Å²) in [5, 5.41) is 7.47. The molecule has 46 heavy (non-hydrogen) atoms. The molecule has 230 valence electrons. The highest BCUT2D eigenvalue weighted by molar-refractivity contribution is 6.09. The summed E-state index contributed by atoms with van der Waals surface area (Å²) in [7, 11) is 1.67. The predicted octanol–water partition coefficient (Wildman–Crippen LogP) is 9.88. The first-order valence-electron chi connectivity index (χ1n) is 15.9. The summed E-state index contributed by atoms with van der Waals surface area (Å²) in [6, 6.07) is 31.3. The van der Waals surface area contributed by atoms with Gasteiger partial charge in [0, 0.05) is 40.7 Å². The Kier molecular flexibility index (Phi) is 7.57. The Morgan fingerprint density at radius 1 is 0.674 bits per heavy atom. The summed E-state index contributed by atoms with van der Waals surface area (Å²) in [6.45, 7) is 10.9. The van der Waals surface area contributed by atoms with Crippen LogP contribution >= 0.6 is 0 Å². The summed E-state index contributed by atoms with van der Waals surface area (Å²) in [6.07, 6.45) is 3.49. The van der Waals surface area contributed by atoms with Crippen LogP contribution in [0.2, 0.25) is 0 Å². The fourth-order valence-electron chi connectivity index (χ4n) is 6.74. The third-order valence-corrected chi connectivity index (χ3v) is 8.80. The van der Waals surface area contributed by atoms with Gasteiger partial charge >= 0.3 is 0 Å². The highest BCUT2D eigenvalue weighted by Gasteiger charge is 2.22. The lowest BCUT2D eigenvalue weighted by molar-refractivity contribution is 0.414. The number of nitrogens with zero attached hydrogens (tertiary/aromatic N) is 4. The Labute approximate surface area is 269 Å². The Balaban J connectivity index is 1.33. The van der Waals surface area contributed by atoms with Crippen molar-refractivity contribution < 1.29 is 9.47 Å². The number of hydrogen-bond donors (Lipinski definition) is 0. The molecule has 0 N–H and O–H groups in total. The molecular formula is C40H38N4O2. The standard InChI is InChI=1S/C40H38N4O2/c1-7-34-40(39-26(4)12-11-13-27(39)5)35(8-2)44(42-34)28-20-25(3)21-31(22-28)46-30-16-17-33-32-14-9-10-15-36(32)43(37(33)23-30)38-24-29(45-6)18-19-41-38/h9-24H,7-8H2,1-6H3.